The molecular weight excluding hydrogens is 402 g/mol. The van der Waals surface area contributed by atoms with Gasteiger partial charge in [-0.15, -0.1) is 0 Å². The zero-order chi connectivity index (χ0) is 22.6. The summed E-state index contributed by atoms with van der Waals surface area (Å²) < 4.78 is 5.77. The van der Waals surface area contributed by atoms with Crippen molar-refractivity contribution in [3.8, 4) is 17.1 Å². The van der Waals surface area contributed by atoms with Crippen LogP contribution in [0.15, 0.2) is 42.7 Å². The molecule has 3 aromatic heterocycles. The van der Waals surface area contributed by atoms with Crippen LogP contribution in [0.2, 0.25) is 0 Å². The Hall–Kier alpha value is -3.19. The third-order valence-electron chi connectivity index (χ3n) is 5.40. The van der Waals surface area contributed by atoms with Crippen LogP contribution >= 0.6 is 0 Å². The third-order valence-corrected chi connectivity index (χ3v) is 5.40. The van der Waals surface area contributed by atoms with Crippen LogP contribution in [0.3, 0.4) is 0 Å². The lowest BCUT2D eigenvalue weighted by Gasteiger charge is -2.20. The summed E-state index contributed by atoms with van der Waals surface area (Å²) in [6, 6.07) is 9.44. The van der Waals surface area contributed by atoms with Crippen molar-refractivity contribution in [1.82, 2.24) is 20.3 Å². The highest BCUT2D eigenvalue weighted by atomic mass is 16.5. The highest BCUT2D eigenvalue weighted by Gasteiger charge is 2.24. The molecule has 3 aromatic rings. The van der Waals surface area contributed by atoms with Crippen molar-refractivity contribution >= 4 is 11.7 Å². The second-order valence-corrected chi connectivity index (χ2v) is 9.11. The number of amides is 1. The van der Waals surface area contributed by atoms with Crippen LogP contribution in [0.25, 0.3) is 11.3 Å². The summed E-state index contributed by atoms with van der Waals surface area (Å²) in [4.78, 5) is 25.4. The number of aromatic amines is 1. The van der Waals surface area contributed by atoms with E-state index < -0.39 is 0 Å². The second-order valence-electron chi connectivity index (χ2n) is 9.11. The SMILES string of the molecule is CC(C)(C)NCCCOc1cccc(NC(=O)c2c[nH]c3c2-c2ncccc2CCC3)n1. The first-order chi connectivity index (χ1) is 15.4. The Morgan fingerprint density at radius 2 is 2.06 bits per heavy atom. The number of carbonyl (C=O) groups is 1. The van der Waals surface area contributed by atoms with Gasteiger partial charge in [0.25, 0.3) is 5.91 Å². The fourth-order valence-corrected chi connectivity index (χ4v) is 3.89. The summed E-state index contributed by atoms with van der Waals surface area (Å²) in [6.07, 6.45) is 7.30. The Bertz CT molecular complexity index is 1080. The van der Waals surface area contributed by atoms with E-state index in [1.807, 2.05) is 12.1 Å². The van der Waals surface area contributed by atoms with Gasteiger partial charge in [-0.3, -0.25) is 9.78 Å². The predicted molar refractivity (Wildman–Crippen MR) is 126 cm³/mol. The molecule has 3 heterocycles. The molecule has 0 bridgehead atoms. The Morgan fingerprint density at radius 3 is 2.91 bits per heavy atom. The van der Waals surface area contributed by atoms with Crippen molar-refractivity contribution in [3.63, 3.8) is 0 Å². The highest BCUT2D eigenvalue weighted by molar-refractivity contribution is 6.08. The molecule has 0 saturated carbocycles. The van der Waals surface area contributed by atoms with E-state index in [1.165, 1.54) is 5.56 Å². The number of aryl methyl sites for hydroxylation is 2. The molecule has 7 nitrogen and oxygen atoms in total. The number of ether oxygens (including phenoxy) is 1. The van der Waals surface area contributed by atoms with Gasteiger partial charge in [-0.05, 0) is 70.7 Å². The zero-order valence-electron chi connectivity index (χ0n) is 19.0. The highest BCUT2D eigenvalue weighted by Crippen LogP contribution is 2.33. The van der Waals surface area contributed by atoms with E-state index in [0.717, 1.165) is 49.2 Å². The molecule has 4 rings (SSSR count). The molecule has 168 valence electrons. The Kier molecular flexibility index (Phi) is 6.55. The van der Waals surface area contributed by atoms with Gasteiger partial charge in [0, 0.05) is 35.3 Å². The molecular formula is C25H31N5O2. The number of hydrogen-bond acceptors (Lipinski definition) is 5. The molecule has 7 heteroatoms. The fourth-order valence-electron chi connectivity index (χ4n) is 3.89. The van der Waals surface area contributed by atoms with Gasteiger partial charge >= 0.3 is 0 Å². The van der Waals surface area contributed by atoms with Crippen LogP contribution in [-0.4, -0.2) is 39.5 Å². The van der Waals surface area contributed by atoms with Crippen molar-refractivity contribution in [2.75, 3.05) is 18.5 Å². The van der Waals surface area contributed by atoms with Crippen molar-refractivity contribution in [2.45, 2.75) is 52.0 Å². The predicted octanol–water partition coefficient (Wildman–Crippen LogP) is 4.37. The van der Waals surface area contributed by atoms with Crippen molar-refractivity contribution in [1.29, 1.82) is 0 Å². The maximum absolute atomic E-state index is 13.1. The number of anilines is 1. The molecule has 0 aromatic carbocycles. The fraction of sp³-hybridized carbons (Fsp3) is 0.400. The molecule has 0 unspecified atom stereocenters. The molecule has 0 saturated heterocycles. The minimum atomic E-state index is -0.208. The number of nitrogens with one attached hydrogen (secondary N) is 3. The molecule has 0 spiro atoms. The molecule has 1 amide bonds. The van der Waals surface area contributed by atoms with E-state index in [0.29, 0.717) is 23.9 Å². The van der Waals surface area contributed by atoms with Gasteiger partial charge in [0.05, 0.1) is 17.9 Å². The number of rotatable bonds is 7. The number of nitrogens with zero attached hydrogens (tertiary/aromatic N) is 2. The first-order valence-electron chi connectivity index (χ1n) is 11.2. The van der Waals surface area contributed by atoms with Crippen molar-refractivity contribution < 1.29 is 9.53 Å². The Morgan fingerprint density at radius 1 is 1.19 bits per heavy atom. The van der Waals surface area contributed by atoms with Crippen molar-refractivity contribution in [2.24, 2.45) is 0 Å². The Labute approximate surface area is 189 Å². The monoisotopic (exact) mass is 433 g/mol. The summed E-state index contributed by atoms with van der Waals surface area (Å²) in [5.41, 5.74) is 4.70. The number of fused-ring (bicyclic) bond motifs is 3. The zero-order valence-corrected chi connectivity index (χ0v) is 19.0. The molecule has 3 N–H and O–H groups in total. The lowest BCUT2D eigenvalue weighted by atomic mass is 10.0. The number of hydrogen-bond donors (Lipinski definition) is 3. The third kappa shape index (κ3) is 5.34. The van der Waals surface area contributed by atoms with Gasteiger partial charge < -0.3 is 20.4 Å². The molecule has 0 fully saturated rings. The number of aromatic nitrogens is 3. The minimum Gasteiger partial charge on any atom is -0.478 e. The van der Waals surface area contributed by atoms with Gasteiger partial charge in [-0.25, -0.2) is 0 Å². The lowest BCUT2D eigenvalue weighted by molar-refractivity contribution is 0.102. The largest absolute Gasteiger partial charge is 0.478 e. The summed E-state index contributed by atoms with van der Waals surface area (Å²) in [5.74, 6) is 0.753. The maximum Gasteiger partial charge on any atom is 0.259 e. The van der Waals surface area contributed by atoms with Crippen LogP contribution in [0.5, 0.6) is 5.88 Å². The Balaban J connectivity index is 1.43. The maximum atomic E-state index is 13.1. The van der Waals surface area contributed by atoms with E-state index in [9.17, 15) is 4.79 Å². The first-order valence-corrected chi connectivity index (χ1v) is 11.2. The topological polar surface area (TPSA) is 91.9 Å². The van der Waals surface area contributed by atoms with Gasteiger partial charge in [0.1, 0.15) is 5.82 Å². The van der Waals surface area contributed by atoms with Gasteiger partial charge in [0.15, 0.2) is 0 Å². The average Bonchev–Trinajstić information content (AvgIpc) is 3.08. The second kappa shape index (κ2) is 9.53. The van der Waals surface area contributed by atoms with Crippen LogP contribution in [-0.2, 0) is 12.8 Å². The molecule has 0 aliphatic heterocycles. The number of pyridine rings is 2. The smallest absolute Gasteiger partial charge is 0.259 e. The number of H-pyrrole nitrogens is 1. The quantitative estimate of drug-likeness (QED) is 0.481. The first kappa shape index (κ1) is 22.0. The normalized spacial score (nSPS) is 13.1. The minimum absolute atomic E-state index is 0.0922. The molecule has 0 radical (unpaired) electrons. The van der Waals surface area contributed by atoms with Crippen molar-refractivity contribution in [3.05, 3.63) is 59.5 Å². The van der Waals surface area contributed by atoms with E-state index in [2.05, 4.69) is 52.4 Å². The van der Waals surface area contributed by atoms with Crippen LogP contribution in [0.1, 0.15) is 55.2 Å². The molecule has 32 heavy (non-hydrogen) atoms. The van der Waals surface area contributed by atoms with E-state index in [1.54, 1.807) is 24.5 Å². The summed E-state index contributed by atoms with van der Waals surface area (Å²) >= 11 is 0. The standard InChI is InChI=1S/C25H31N5O2/c1-25(2,3)28-14-7-15-32-21-12-5-11-20(29-21)30-24(31)18-16-27-19-10-4-8-17-9-6-13-26-23(17)22(18)19/h5-6,9,11-13,16,27-28H,4,7-8,10,14-15H2,1-3H3,(H,29,30,31). The van der Waals surface area contributed by atoms with E-state index >= 15 is 0 Å². The lowest BCUT2D eigenvalue weighted by Crippen LogP contribution is -2.36. The van der Waals surface area contributed by atoms with Gasteiger partial charge in [-0.2, -0.15) is 4.98 Å². The molecule has 1 aliphatic rings. The van der Waals surface area contributed by atoms with Gasteiger partial charge in [-0.1, -0.05) is 12.1 Å². The van der Waals surface area contributed by atoms with Crippen LogP contribution < -0.4 is 15.4 Å². The average molecular weight is 434 g/mol. The van der Waals surface area contributed by atoms with Crippen LogP contribution in [0, 0.1) is 0 Å². The van der Waals surface area contributed by atoms with Gasteiger partial charge in [0.2, 0.25) is 5.88 Å². The summed E-state index contributed by atoms with van der Waals surface area (Å²) in [5, 5.41) is 6.35. The van der Waals surface area contributed by atoms with Crippen LogP contribution in [0.4, 0.5) is 5.82 Å². The van der Waals surface area contributed by atoms with E-state index in [4.69, 9.17) is 4.74 Å². The molecule has 0 atom stereocenters. The van der Waals surface area contributed by atoms with E-state index in [-0.39, 0.29) is 11.4 Å². The summed E-state index contributed by atoms with van der Waals surface area (Å²) in [7, 11) is 0. The molecule has 1 aliphatic carbocycles. The number of carbonyl (C=O) groups excluding carboxylic acids is 1. The summed E-state index contributed by atoms with van der Waals surface area (Å²) in [6.45, 7) is 7.84.